The highest BCUT2D eigenvalue weighted by molar-refractivity contribution is 7.21. The second-order valence-corrected chi connectivity index (χ2v) is 8.83. The summed E-state index contributed by atoms with van der Waals surface area (Å²) in [7, 11) is 3.48. The number of carbonyl (C=O) groups is 1. The van der Waals surface area contributed by atoms with Crippen LogP contribution in [0.4, 0.5) is 11.5 Å². The molecule has 4 heterocycles. The topological polar surface area (TPSA) is 75.4 Å². The highest BCUT2D eigenvalue weighted by Crippen LogP contribution is 2.39. The molecule has 0 spiro atoms. The third-order valence-corrected chi connectivity index (χ3v) is 6.76. The zero-order valence-electron chi connectivity index (χ0n) is 16.5. The van der Waals surface area contributed by atoms with Gasteiger partial charge in [-0.1, -0.05) is 13.0 Å². The van der Waals surface area contributed by atoms with Gasteiger partial charge in [0.15, 0.2) is 0 Å². The van der Waals surface area contributed by atoms with Crippen molar-refractivity contribution in [2.24, 2.45) is 0 Å². The van der Waals surface area contributed by atoms with Gasteiger partial charge in [-0.3, -0.25) is 4.79 Å². The molecule has 0 saturated carbocycles. The van der Waals surface area contributed by atoms with E-state index in [4.69, 9.17) is 10.7 Å². The lowest BCUT2D eigenvalue weighted by Gasteiger charge is -2.39. The van der Waals surface area contributed by atoms with Gasteiger partial charge >= 0.3 is 0 Å². The van der Waals surface area contributed by atoms with Crippen LogP contribution in [-0.4, -0.2) is 48.0 Å². The number of hydrogen-bond acceptors (Lipinski definition) is 6. The lowest BCUT2D eigenvalue weighted by Crippen LogP contribution is -2.41. The number of nitrogens with two attached hydrogens (primary N) is 1. The highest BCUT2D eigenvalue weighted by atomic mass is 32.1. The van der Waals surface area contributed by atoms with Crippen molar-refractivity contribution in [1.29, 1.82) is 0 Å². The number of hydrogen-bond donors (Lipinski definition) is 1. The number of thiophene rings is 1. The standard InChI is InChI=1S/C21H25N5OS/c1-21(9-12-26(13-10-21)16-6-4-5-11-23-16)15-8-7-14-17(22)18(20(27)25(2)3)28-19(14)24-15/h4-8,11H,9-10,12-13,22H2,1-3H3. The average molecular weight is 396 g/mol. The van der Waals surface area contributed by atoms with Gasteiger partial charge < -0.3 is 15.5 Å². The summed E-state index contributed by atoms with van der Waals surface area (Å²) in [6.45, 7) is 4.17. The Morgan fingerprint density at radius 1 is 1.21 bits per heavy atom. The number of aromatic nitrogens is 2. The first-order valence-corrected chi connectivity index (χ1v) is 10.3. The number of amides is 1. The van der Waals surface area contributed by atoms with E-state index in [2.05, 4.69) is 28.9 Å². The number of pyridine rings is 2. The molecule has 0 aliphatic carbocycles. The van der Waals surface area contributed by atoms with Crippen LogP contribution >= 0.6 is 11.3 Å². The highest BCUT2D eigenvalue weighted by Gasteiger charge is 2.34. The van der Waals surface area contributed by atoms with Crippen molar-refractivity contribution in [1.82, 2.24) is 14.9 Å². The molecule has 1 saturated heterocycles. The lowest BCUT2D eigenvalue weighted by atomic mass is 9.77. The van der Waals surface area contributed by atoms with E-state index in [1.807, 2.05) is 24.4 Å². The fourth-order valence-electron chi connectivity index (χ4n) is 3.72. The van der Waals surface area contributed by atoms with Crippen molar-refractivity contribution in [2.45, 2.75) is 25.2 Å². The fraction of sp³-hybridized carbons (Fsp3) is 0.381. The van der Waals surface area contributed by atoms with Crippen LogP contribution in [-0.2, 0) is 5.41 Å². The molecule has 1 fully saturated rings. The Balaban J connectivity index is 1.60. The molecular formula is C21H25N5OS. The summed E-state index contributed by atoms with van der Waals surface area (Å²) < 4.78 is 0. The van der Waals surface area contributed by atoms with E-state index in [9.17, 15) is 4.79 Å². The van der Waals surface area contributed by atoms with E-state index < -0.39 is 0 Å². The van der Waals surface area contributed by atoms with Crippen LogP contribution in [0.3, 0.4) is 0 Å². The number of nitrogen functional groups attached to an aromatic ring is 1. The molecule has 3 aromatic rings. The van der Waals surface area contributed by atoms with Crippen LogP contribution in [0.5, 0.6) is 0 Å². The predicted octanol–water partition coefficient (Wildman–Crippen LogP) is 3.53. The minimum atomic E-state index is -0.0723. The normalized spacial score (nSPS) is 16.3. The van der Waals surface area contributed by atoms with Crippen LogP contribution in [0.25, 0.3) is 10.2 Å². The van der Waals surface area contributed by atoms with Gasteiger partial charge in [0.05, 0.1) is 5.69 Å². The monoisotopic (exact) mass is 395 g/mol. The maximum absolute atomic E-state index is 12.4. The van der Waals surface area contributed by atoms with Crippen molar-refractivity contribution in [3.8, 4) is 0 Å². The molecule has 3 aromatic heterocycles. The Kier molecular flexibility index (Phi) is 4.71. The maximum atomic E-state index is 12.4. The predicted molar refractivity (Wildman–Crippen MR) is 115 cm³/mol. The van der Waals surface area contributed by atoms with Gasteiger partial charge in [-0.15, -0.1) is 11.3 Å². The zero-order valence-corrected chi connectivity index (χ0v) is 17.3. The molecule has 1 aliphatic rings. The molecule has 7 heteroatoms. The van der Waals surface area contributed by atoms with E-state index >= 15 is 0 Å². The Bertz CT molecular complexity index is 1010. The Hall–Kier alpha value is -2.67. The van der Waals surface area contributed by atoms with Crippen molar-refractivity contribution in [3.63, 3.8) is 0 Å². The Labute approximate surface area is 169 Å². The molecular weight excluding hydrogens is 370 g/mol. The van der Waals surface area contributed by atoms with Crippen LogP contribution in [0.2, 0.25) is 0 Å². The summed E-state index contributed by atoms with van der Waals surface area (Å²) in [6.07, 6.45) is 3.85. The summed E-state index contributed by atoms with van der Waals surface area (Å²) in [5.41, 5.74) is 7.84. The summed E-state index contributed by atoms with van der Waals surface area (Å²) in [6, 6.07) is 10.1. The SMILES string of the molecule is CN(C)C(=O)c1sc2nc(C3(C)CCN(c4ccccn4)CC3)ccc2c1N. The van der Waals surface area contributed by atoms with Crippen molar-refractivity contribution in [3.05, 3.63) is 47.1 Å². The summed E-state index contributed by atoms with van der Waals surface area (Å²) >= 11 is 1.39. The Morgan fingerprint density at radius 2 is 1.96 bits per heavy atom. The molecule has 0 unspecified atom stereocenters. The third kappa shape index (κ3) is 3.20. The quantitative estimate of drug-likeness (QED) is 0.734. The molecule has 28 heavy (non-hydrogen) atoms. The summed E-state index contributed by atoms with van der Waals surface area (Å²) in [5, 5.41) is 0.869. The fourth-order valence-corrected chi connectivity index (χ4v) is 4.84. The number of piperidine rings is 1. The van der Waals surface area contributed by atoms with Crippen LogP contribution in [0.1, 0.15) is 35.1 Å². The second kappa shape index (κ2) is 7.05. The van der Waals surface area contributed by atoms with Crippen molar-refractivity contribution in [2.75, 3.05) is 37.8 Å². The minimum absolute atomic E-state index is 0.00391. The molecule has 146 valence electrons. The molecule has 2 N–H and O–H groups in total. The Morgan fingerprint density at radius 3 is 2.61 bits per heavy atom. The van der Waals surface area contributed by atoms with E-state index in [1.165, 1.54) is 11.3 Å². The average Bonchev–Trinajstić information content (AvgIpc) is 3.04. The molecule has 1 amide bonds. The van der Waals surface area contributed by atoms with Gasteiger partial charge in [0.25, 0.3) is 5.91 Å². The van der Waals surface area contributed by atoms with Crippen LogP contribution in [0.15, 0.2) is 36.5 Å². The second-order valence-electron chi connectivity index (χ2n) is 7.83. The number of carbonyl (C=O) groups excluding carboxylic acids is 1. The summed E-state index contributed by atoms with van der Waals surface area (Å²) in [5.74, 6) is 0.961. The van der Waals surface area contributed by atoms with Gasteiger partial charge in [-0.25, -0.2) is 9.97 Å². The lowest BCUT2D eigenvalue weighted by molar-refractivity contribution is 0.0833. The van der Waals surface area contributed by atoms with E-state index in [-0.39, 0.29) is 11.3 Å². The van der Waals surface area contributed by atoms with Crippen molar-refractivity contribution >= 4 is 39.0 Å². The number of nitrogens with zero attached hydrogens (tertiary/aromatic N) is 4. The third-order valence-electron chi connectivity index (χ3n) is 5.65. The van der Waals surface area contributed by atoms with Gasteiger partial charge in [0.1, 0.15) is 15.5 Å². The van der Waals surface area contributed by atoms with Crippen LogP contribution in [0, 0.1) is 0 Å². The molecule has 0 atom stereocenters. The van der Waals surface area contributed by atoms with Gasteiger partial charge in [-0.2, -0.15) is 0 Å². The number of anilines is 2. The zero-order chi connectivity index (χ0) is 19.9. The van der Waals surface area contributed by atoms with Gasteiger partial charge in [-0.05, 0) is 37.1 Å². The smallest absolute Gasteiger partial charge is 0.265 e. The molecule has 6 nitrogen and oxygen atoms in total. The molecule has 4 rings (SSSR count). The number of fused-ring (bicyclic) bond motifs is 1. The molecule has 1 aliphatic heterocycles. The van der Waals surface area contributed by atoms with E-state index in [0.29, 0.717) is 10.6 Å². The largest absolute Gasteiger partial charge is 0.397 e. The van der Waals surface area contributed by atoms with E-state index in [1.54, 1.807) is 19.0 Å². The van der Waals surface area contributed by atoms with Crippen molar-refractivity contribution < 1.29 is 4.79 Å². The minimum Gasteiger partial charge on any atom is -0.397 e. The number of rotatable bonds is 3. The summed E-state index contributed by atoms with van der Waals surface area (Å²) in [4.78, 5) is 27.1. The van der Waals surface area contributed by atoms with E-state index in [0.717, 1.165) is 47.7 Å². The van der Waals surface area contributed by atoms with Gasteiger partial charge in [0.2, 0.25) is 0 Å². The maximum Gasteiger partial charge on any atom is 0.265 e. The first kappa shape index (κ1) is 18.7. The van der Waals surface area contributed by atoms with Crippen LogP contribution < -0.4 is 10.6 Å². The molecule has 0 radical (unpaired) electrons. The first-order chi connectivity index (χ1) is 13.4. The molecule has 0 bridgehead atoms. The van der Waals surface area contributed by atoms with Gasteiger partial charge in [0, 0.05) is 49.9 Å². The first-order valence-electron chi connectivity index (χ1n) is 9.46. The molecule has 0 aromatic carbocycles.